The SMILES string of the molecule is [N-]=[N+]=C(CCCCCCCCCCCc1ccc(S(=O)(=O)O)cc1)N(c1ccccc1)c1ccccc1. The molecule has 0 spiro atoms. The Morgan fingerprint density at radius 3 is 1.59 bits per heavy atom. The zero-order valence-electron chi connectivity index (χ0n) is 21.4. The molecule has 196 valence electrons. The van der Waals surface area contributed by atoms with E-state index in [1.165, 1.54) is 44.2 Å². The van der Waals surface area contributed by atoms with E-state index in [4.69, 9.17) is 4.55 Å². The fourth-order valence-corrected chi connectivity index (χ4v) is 4.97. The minimum Gasteiger partial charge on any atom is -0.497 e. The fraction of sp³-hybridized carbons (Fsp3) is 0.367. The van der Waals surface area contributed by atoms with E-state index in [2.05, 4.69) is 4.79 Å². The highest BCUT2D eigenvalue weighted by Crippen LogP contribution is 2.26. The van der Waals surface area contributed by atoms with E-state index in [1.807, 2.05) is 65.6 Å². The zero-order valence-corrected chi connectivity index (χ0v) is 22.2. The van der Waals surface area contributed by atoms with Crippen molar-refractivity contribution in [1.82, 2.24) is 0 Å². The first-order chi connectivity index (χ1) is 18.0. The van der Waals surface area contributed by atoms with Crippen LogP contribution in [0.5, 0.6) is 0 Å². The number of hydrogen-bond acceptors (Lipinski definition) is 2. The number of aryl methyl sites for hydroxylation is 1. The van der Waals surface area contributed by atoms with Gasteiger partial charge in [0.2, 0.25) is 0 Å². The van der Waals surface area contributed by atoms with Crippen LogP contribution in [0.25, 0.3) is 5.53 Å². The molecule has 1 N–H and O–H groups in total. The average Bonchev–Trinajstić information content (AvgIpc) is 2.92. The van der Waals surface area contributed by atoms with Crippen molar-refractivity contribution in [3.05, 3.63) is 96.0 Å². The number of amidine groups is 1. The molecule has 7 heteroatoms. The van der Waals surface area contributed by atoms with Crippen LogP contribution < -0.4 is 4.90 Å². The minimum absolute atomic E-state index is 0.0548. The Labute approximate surface area is 221 Å². The van der Waals surface area contributed by atoms with Crippen LogP contribution in [0.15, 0.2) is 89.8 Å². The summed E-state index contributed by atoms with van der Waals surface area (Å²) in [4.78, 5) is 5.62. The first-order valence-corrected chi connectivity index (χ1v) is 14.6. The molecule has 0 unspecified atom stereocenters. The van der Waals surface area contributed by atoms with Crippen molar-refractivity contribution in [3.63, 3.8) is 0 Å². The van der Waals surface area contributed by atoms with Crippen LogP contribution in [-0.2, 0) is 16.5 Å². The largest absolute Gasteiger partial charge is 0.497 e. The van der Waals surface area contributed by atoms with Gasteiger partial charge in [0.25, 0.3) is 10.1 Å². The molecule has 0 radical (unpaired) electrons. The Morgan fingerprint density at radius 2 is 1.14 bits per heavy atom. The van der Waals surface area contributed by atoms with Crippen LogP contribution in [0.1, 0.15) is 69.8 Å². The molecule has 3 rings (SSSR count). The van der Waals surface area contributed by atoms with Crippen molar-refractivity contribution in [3.8, 4) is 0 Å². The third-order valence-electron chi connectivity index (χ3n) is 6.49. The molecular formula is C30H37N3O3S. The van der Waals surface area contributed by atoms with Crippen LogP contribution in [0.3, 0.4) is 0 Å². The van der Waals surface area contributed by atoms with E-state index < -0.39 is 10.1 Å². The lowest BCUT2D eigenvalue weighted by molar-refractivity contribution is -0.0102. The van der Waals surface area contributed by atoms with E-state index >= 15 is 0 Å². The first kappa shape index (κ1) is 28.3. The van der Waals surface area contributed by atoms with Gasteiger partial charge in [-0.2, -0.15) is 13.3 Å². The quantitative estimate of drug-likeness (QED) is 0.0552. The van der Waals surface area contributed by atoms with Crippen LogP contribution in [0.2, 0.25) is 0 Å². The third kappa shape index (κ3) is 9.62. The summed E-state index contributed by atoms with van der Waals surface area (Å²) in [5.41, 5.74) is 12.9. The van der Waals surface area contributed by atoms with Gasteiger partial charge >= 0.3 is 5.84 Å². The first-order valence-electron chi connectivity index (χ1n) is 13.2. The monoisotopic (exact) mass is 519 g/mol. The number of benzene rings is 3. The summed E-state index contributed by atoms with van der Waals surface area (Å²) in [6, 6.07) is 26.5. The number of rotatable bonds is 15. The van der Waals surface area contributed by atoms with Gasteiger partial charge in [-0.05, 0) is 61.2 Å². The lowest BCUT2D eigenvalue weighted by atomic mass is 10.0. The highest BCUT2D eigenvalue weighted by molar-refractivity contribution is 7.85. The van der Waals surface area contributed by atoms with Crippen molar-refractivity contribution in [2.75, 3.05) is 4.90 Å². The molecule has 0 saturated carbocycles. The van der Waals surface area contributed by atoms with Crippen LogP contribution in [-0.4, -0.2) is 23.6 Å². The van der Waals surface area contributed by atoms with Crippen molar-refractivity contribution in [2.45, 2.75) is 75.5 Å². The maximum absolute atomic E-state index is 11.1. The second-order valence-electron chi connectivity index (χ2n) is 9.32. The molecule has 0 heterocycles. The van der Waals surface area contributed by atoms with Gasteiger partial charge in [-0.1, -0.05) is 93.5 Å². The molecule has 0 aromatic heterocycles. The minimum atomic E-state index is -4.12. The normalized spacial score (nSPS) is 11.2. The van der Waals surface area contributed by atoms with E-state index in [-0.39, 0.29) is 4.90 Å². The van der Waals surface area contributed by atoms with Crippen LogP contribution in [0, 0.1) is 0 Å². The number of anilines is 2. The molecular weight excluding hydrogens is 482 g/mol. The Bertz CT molecular complexity index is 1180. The highest BCUT2D eigenvalue weighted by Gasteiger charge is 2.24. The van der Waals surface area contributed by atoms with Crippen LogP contribution in [0.4, 0.5) is 11.4 Å². The molecule has 0 fully saturated rings. The number of nitrogens with zero attached hydrogens (tertiary/aromatic N) is 3. The smallest absolute Gasteiger partial charge is 0.339 e. The third-order valence-corrected chi connectivity index (χ3v) is 7.36. The zero-order chi connectivity index (χ0) is 26.3. The molecule has 6 nitrogen and oxygen atoms in total. The van der Waals surface area contributed by atoms with E-state index in [0.29, 0.717) is 12.3 Å². The second-order valence-corrected chi connectivity index (χ2v) is 10.7. The van der Waals surface area contributed by atoms with E-state index in [0.717, 1.165) is 49.0 Å². The lowest BCUT2D eigenvalue weighted by Gasteiger charge is -2.16. The average molecular weight is 520 g/mol. The molecule has 3 aromatic rings. The molecule has 37 heavy (non-hydrogen) atoms. The molecule has 0 aliphatic carbocycles. The van der Waals surface area contributed by atoms with Gasteiger partial charge in [0.05, 0.1) is 11.3 Å². The molecule has 0 aliphatic rings. The predicted octanol–water partition coefficient (Wildman–Crippen LogP) is 7.84. The Kier molecular flexibility index (Phi) is 11.6. The van der Waals surface area contributed by atoms with Gasteiger partial charge in [0.15, 0.2) is 0 Å². The highest BCUT2D eigenvalue weighted by atomic mass is 32.2. The van der Waals surface area contributed by atoms with E-state index in [1.54, 1.807) is 12.1 Å². The summed E-state index contributed by atoms with van der Waals surface area (Å²) < 4.78 is 31.3. The molecule has 0 saturated heterocycles. The van der Waals surface area contributed by atoms with Crippen molar-refractivity contribution in [2.24, 2.45) is 0 Å². The van der Waals surface area contributed by atoms with Gasteiger partial charge in [-0.15, -0.1) is 0 Å². The standard InChI is InChI=1S/C30H37N3O3S/c31-32-30(33(27-17-11-8-12-18-27)28-19-13-9-14-20-28)21-15-7-5-3-1-2-4-6-10-16-26-22-24-29(25-23-26)37(34,35)36/h8-9,11-14,17-20,22-25H,1-7,10,15-16,21H2,(H,34,35,36). The molecule has 0 bridgehead atoms. The van der Waals surface area contributed by atoms with Crippen LogP contribution >= 0.6 is 0 Å². The van der Waals surface area contributed by atoms with E-state index in [9.17, 15) is 13.9 Å². The van der Waals surface area contributed by atoms with Crippen molar-refractivity contribution >= 4 is 27.3 Å². The summed E-state index contributed by atoms with van der Waals surface area (Å²) >= 11 is 0. The lowest BCUT2D eigenvalue weighted by Crippen LogP contribution is -2.26. The predicted molar refractivity (Wildman–Crippen MR) is 150 cm³/mol. The summed E-state index contributed by atoms with van der Waals surface area (Å²) in [5, 5.41) is 0. The number of unbranched alkanes of at least 4 members (excludes halogenated alkanes) is 8. The summed E-state index contributed by atoms with van der Waals surface area (Å²) in [7, 11) is -4.12. The Morgan fingerprint density at radius 1 is 0.676 bits per heavy atom. The molecule has 0 atom stereocenters. The Balaban J connectivity index is 1.29. The summed E-state index contributed by atoms with van der Waals surface area (Å²) in [6.45, 7) is 0. The van der Waals surface area contributed by atoms with Gasteiger partial charge < -0.3 is 10.3 Å². The van der Waals surface area contributed by atoms with Gasteiger partial charge in [-0.25, -0.2) is 0 Å². The van der Waals surface area contributed by atoms with Gasteiger partial charge in [0, 0.05) is 0 Å². The topological polar surface area (TPSA) is 94.0 Å². The maximum atomic E-state index is 11.1. The van der Waals surface area contributed by atoms with Crippen molar-refractivity contribution in [1.29, 1.82) is 0 Å². The van der Waals surface area contributed by atoms with Crippen molar-refractivity contribution < 1.29 is 17.8 Å². The summed E-state index contributed by atoms with van der Waals surface area (Å²) in [6.07, 6.45) is 12.0. The molecule has 3 aromatic carbocycles. The number of hydrogen-bond donors (Lipinski definition) is 1. The molecule has 0 aliphatic heterocycles. The fourth-order valence-electron chi connectivity index (χ4n) is 4.49. The second kappa shape index (κ2) is 15.1. The number of para-hydroxylation sites is 2. The molecule has 0 amide bonds. The maximum Gasteiger partial charge on any atom is 0.339 e. The van der Waals surface area contributed by atoms with Gasteiger partial charge in [0.1, 0.15) is 11.4 Å². The van der Waals surface area contributed by atoms with Gasteiger partial charge in [-0.3, -0.25) is 4.55 Å². The summed E-state index contributed by atoms with van der Waals surface area (Å²) in [5.74, 6) is 0.657. The Hall–Kier alpha value is -3.25.